The molecule has 1 atom stereocenters. The van der Waals surface area contributed by atoms with Crippen molar-refractivity contribution in [2.24, 2.45) is 0 Å². The molecule has 1 amide bonds. The van der Waals surface area contributed by atoms with Crippen molar-refractivity contribution in [1.82, 2.24) is 14.3 Å². The summed E-state index contributed by atoms with van der Waals surface area (Å²) in [5.74, 6) is 1.08. The van der Waals surface area contributed by atoms with E-state index in [0.29, 0.717) is 6.42 Å². The first kappa shape index (κ1) is 16.8. The van der Waals surface area contributed by atoms with Crippen LogP contribution in [0.1, 0.15) is 37.1 Å². The number of benzene rings is 1. The molecule has 4 rings (SSSR count). The van der Waals surface area contributed by atoms with Crippen molar-refractivity contribution in [3.63, 3.8) is 0 Å². The molecule has 2 fully saturated rings. The lowest BCUT2D eigenvalue weighted by Gasteiger charge is -2.27. The van der Waals surface area contributed by atoms with Crippen LogP contribution in [0.3, 0.4) is 0 Å². The first-order valence-corrected chi connectivity index (χ1v) is 9.98. The van der Waals surface area contributed by atoms with E-state index in [-0.39, 0.29) is 11.9 Å². The molecule has 25 heavy (non-hydrogen) atoms. The molecule has 0 N–H and O–H groups in total. The third-order valence-corrected chi connectivity index (χ3v) is 5.98. The fourth-order valence-corrected chi connectivity index (χ4v) is 4.51. The quantitative estimate of drug-likeness (QED) is 0.820. The van der Waals surface area contributed by atoms with Gasteiger partial charge in [0.25, 0.3) is 0 Å². The maximum atomic E-state index is 12.8. The molecule has 1 aromatic heterocycles. The summed E-state index contributed by atoms with van der Waals surface area (Å²) in [5, 5.41) is 1.61. The topological polar surface area (TPSA) is 49.3 Å². The van der Waals surface area contributed by atoms with Crippen molar-refractivity contribution in [1.29, 1.82) is 0 Å². The first-order valence-electron chi connectivity index (χ1n) is 8.83. The number of nitrogens with zero attached hydrogens (tertiary/aromatic N) is 4. The van der Waals surface area contributed by atoms with Gasteiger partial charge < -0.3 is 9.80 Å². The Morgan fingerprint density at radius 2 is 1.92 bits per heavy atom. The first-order chi connectivity index (χ1) is 12.2. The number of likely N-dealkylation sites (tertiary alicyclic amines) is 1. The number of amides is 1. The van der Waals surface area contributed by atoms with Crippen molar-refractivity contribution >= 4 is 34.2 Å². The second-order valence-electron chi connectivity index (χ2n) is 6.68. The Labute approximate surface area is 156 Å². The minimum Gasteiger partial charge on any atom is -0.341 e. The monoisotopic (exact) mass is 376 g/mol. The van der Waals surface area contributed by atoms with E-state index in [2.05, 4.69) is 9.27 Å². The second kappa shape index (κ2) is 7.30. The number of hydrogen-bond donors (Lipinski definition) is 0. The van der Waals surface area contributed by atoms with Gasteiger partial charge in [0.1, 0.15) is 11.9 Å². The molecule has 5 nitrogen and oxygen atoms in total. The van der Waals surface area contributed by atoms with Crippen LogP contribution >= 0.6 is 23.1 Å². The lowest BCUT2D eigenvalue weighted by Crippen LogP contribution is -2.44. The summed E-state index contributed by atoms with van der Waals surface area (Å²) in [4.78, 5) is 21.7. The van der Waals surface area contributed by atoms with Gasteiger partial charge in [-0.2, -0.15) is 4.37 Å². The van der Waals surface area contributed by atoms with Gasteiger partial charge in [0.2, 0.25) is 11.0 Å². The Kier molecular flexibility index (Phi) is 4.90. The number of aromatic nitrogens is 2. The predicted octanol–water partition coefficient (Wildman–Crippen LogP) is 3.37. The summed E-state index contributed by atoms with van der Waals surface area (Å²) in [6, 6.07) is 7.71. The molecule has 0 bridgehead atoms. The maximum Gasteiger partial charge on any atom is 0.245 e. The maximum absolute atomic E-state index is 12.8. The summed E-state index contributed by atoms with van der Waals surface area (Å²) in [5.41, 5.74) is 1.14. The molecule has 0 aliphatic carbocycles. The highest BCUT2D eigenvalue weighted by Crippen LogP contribution is 2.29. The summed E-state index contributed by atoms with van der Waals surface area (Å²) in [7, 11) is 0. The van der Waals surface area contributed by atoms with Crippen LogP contribution in [-0.2, 0) is 11.2 Å². The van der Waals surface area contributed by atoms with Gasteiger partial charge in [-0.3, -0.25) is 4.79 Å². The van der Waals surface area contributed by atoms with Crippen LogP contribution in [0.4, 0.5) is 5.13 Å². The average Bonchev–Trinajstić information content (AvgIpc) is 3.37. The highest BCUT2D eigenvalue weighted by molar-refractivity contribution is 7.09. The highest BCUT2D eigenvalue weighted by atomic mass is 35.5. The van der Waals surface area contributed by atoms with Gasteiger partial charge in [0, 0.05) is 42.6 Å². The third-order valence-electron chi connectivity index (χ3n) is 4.93. The van der Waals surface area contributed by atoms with Crippen LogP contribution in [-0.4, -0.2) is 45.8 Å². The minimum absolute atomic E-state index is 0.0607. The van der Waals surface area contributed by atoms with Gasteiger partial charge in [-0.1, -0.05) is 23.7 Å². The van der Waals surface area contributed by atoms with Crippen LogP contribution in [0.25, 0.3) is 0 Å². The molecule has 1 aromatic carbocycles. The number of rotatable bonds is 4. The van der Waals surface area contributed by atoms with Gasteiger partial charge in [-0.25, -0.2) is 4.98 Å². The van der Waals surface area contributed by atoms with Crippen LogP contribution in [0.2, 0.25) is 5.02 Å². The lowest BCUT2D eigenvalue weighted by molar-refractivity contribution is -0.131. The van der Waals surface area contributed by atoms with Crippen molar-refractivity contribution in [3.8, 4) is 0 Å². The Balaban J connectivity index is 1.46. The third kappa shape index (κ3) is 3.65. The fourth-order valence-electron chi connectivity index (χ4n) is 3.62. The smallest absolute Gasteiger partial charge is 0.245 e. The van der Waals surface area contributed by atoms with E-state index in [4.69, 9.17) is 16.6 Å². The van der Waals surface area contributed by atoms with Crippen molar-refractivity contribution in [2.75, 3.05) is 24.5 Å². The molecule has 2 aliphatic rings. The van der Waals surface area contributed by atoms with Crippen LogP contribution in [0.15, 0.2) is 24.3 Å². The van der Waals surface area contributed by atoms with Gasteiger partial charge in [0.05, 0.1) is 0 Å². The number of carbonyl (C=O) groups is 1. The Bertz CT molecular complexity index is 742. The molecule has 7 heteroatoms. The lowest BCUT2D eigenvalue weighted by atomic mass is 10.1. The number of carbonyl (C=O) groups excluding carboxylic acids is 1. The standard InChI is InChI=1S/C18H21ClN4OS/c19-14-7-5-13(6-8-14)12-16-20-18(25-21-16)23-11-3-4-15(23)17(24)22-9-1-2-10-22/h5-8,15H,1-4,9-12H2. The molecule has 0 spiro atoms. The fraction of sp³-hybridized carbons (Fsp3) is 0.500. The van der Waals surface area contributed by atoms with E-state index in [1.165, 1.54) is 11.5 Å². The zero-order valence-electron chi connectivity index (χ0n) is 14.0. The molecule has 2 saturated heterocycles. The van der Waals surface area contributed by atoms with E-state index in [1.807, 2.05) is 29.2 Å². The molecular weight excluding hydrogens is 356 g/mol. The normalized spacial score (nSPS) is 20.4. The predicted molar refractivity (Wildman–Crippen MR) is 100 cm³/mol. The molecule has 3 heterocycles. The second-order valence-corrected chi connectivity index (χ2v) is 7.85. The van der Waals surface area contributed by atoms with E-state index in [1.54, 1.807) is 0 Å². The zero-order valence-corrected chi connectivity index (χ0v) is 15.6. The number of anilines is 1. The minimum atomic E-state index is -0.0607. The molecule has 1 unspecified atom stereocenters. The largest absolute Gasteiger partial charge is 0.341 e. The summed E-state index contributed by atoms with van der Waals surface area (Å²) >= 11 is 7.33. The molecule has 2 aliphatic heterocycles. The Morgan fingerprint density at radius 1 is 1.16 bits per heavy atom. The van der Waals surface area contributed by atoms with Gasteiger partial charge in [0.15, 0.2) is 0 Å². The van der Waals surface area contributed by atoms with E-state index in [0.717, 1.165) is 66.9 Å². The molecule has 0 saturated carbocycles. The van der Waals surface area contributed by atoms with Gasteiger partial charge in [-0.05, 0) is 43.4 Å². The number of halogens is 1. The van der Waals surface area contributed by atoms with E-state index >= 15 is 0 Å². The summed E-state index contributed by atoms with van der Waals surface area (Å²) in [6.07, 6.45) is 4.90. The van der Waals surface area contributed by atoms with Crippen molar-refractivity contribution in [3.05, 3.63) is 40.7 Å². The molecular formula is C18H21ClN4OS. The van der Waals surface area contributed by atoms with Crippen molar-refractivity contribution in [2.45, 2.75) is 38.1 Å². The van der Waals surface area contributed by atoms with E-state index in [9.17, 15) is 4.79 Å². The molecule has 132 valence electrons. The van der Waals surface area contributed by atoms with Crippen LogP contribution < -0.4 is 4.90 Å². The highest BCUT2D eigenvalue weighted by Gasteiger charge is 2.36. The zero-order chi connectivity index (χ0) is 17.2. The van der Waals surface area contributed by atoms with Crippen LogP contribution in [0.5, 0.6) is 0 Å². The number of hydrogen-bond acceptors (Lipinski definition) is 5. The summed E-state index contributed by atoms with van der Waals surface area (Å²) < 4.78 is 4.50. The molecule has 0 radical (unpaired) electrons. The van der Waals surface area contributed by atoms with Crippen LogP contribution in [0, 0.1) is 0 Å². The van der Waals surface area contributed by atoms with Gasteiger partial charge in [-0.15, -0.1) is 0 Å². The Morgan fingerprint density at radius 3 is 2.68 bits per heavy atom. The van der Waals surface area contributed by atoms with Gasteiger partial charge >= 0.3 is 0 Å². The van der Waals surface area contributed by atoms with Crippen molar-refractivity contribution < 1.29 is 4.79 Å². The Hall–Kier alpha value is -1.66. The summed E-state index contributed by atoms with van der Waals surface area (Å²) in [6.45, 7) is 2.70. The van der Waals surface area contributed by atoms with E-state index < -0.39 is 0 Å². The average molecular weight is 377 g/mol. The molecule has 2 aromatic rings. The SMILES string of the molecule is O=C(C1CCCN1c1nc(Cc2ccc(Cl)cc2)ns1)N1CCCC1.